The molecule has 5 rings (SSSR count). The Hall–Kier alpha value is -4.32. The molecular formula is C30H28N2O4. The minimum atomic E-state index is -0.816. The summed E-state index contributed by atoms with van der Waals surface area (Å²) in [7, 11) is 0. The minimum Gasteiger partial charge on any atom is -0.507 e. The fourth-order valence-corrected chi connectivity index (χ4v) is 4.79. The number of rotatable bonds is 6. The highest BCUT2D eigenvalue weighted by Gasteiger charge is 2.47. The van der Waals surface area contributed by atoms with Crippen LogP contribution >= 0.6 is 0 Å². The molecule has 0 spiro atoms. The van der Waals surface area contributed by atoms with Gasteiger partial charge in [0, 0.05) is 28.4 Å². The van der Waals surface area contributed by atoms with E-state index in [1.54, 1.807) is 6.20 Å². The molecule has 6 heteroatoms. The third-order valence-corrected chi connectivity index (χ3v) is 6.61. The van der Waals surface area contributed by atoms with Gasteiger partial charge in [-0.3, -0.25) is 14.5 Å². The van der Waals surface area contributed by atoms with Crippen LogP contribution in [-0.2, 0) is 9.59 Å². The van der Waals surface area contributed by atoms with Crippen molar-refractivity contribution in [1.29, 1.82) is 0 Å². The van der Waals surface area contributed by atoms with Crippen LogP contribution in [0.15, 0.2) is 84.6 Å². The van der Waals surface area contributed by atoms with E-state index in [9.17, 15) is 14.7 Å². The van der Waals surface area contributed by atoms with Gasteiger partial charge in [0.15, 0.2) is 0 Å². The molecule has 0 bridgehead atoms. The van der Waals surface area contributed by atoms with Gasteiger partial charge in [-0.25, -0.2) is 0 Å². The van der Waals surface area contributed by atoms with Gasteiger partial charge >= 0.3 is 0 Å². The molecule has 2 N–H and O–H groups in total. The van der Waals surface area contributed by atoms with Gasteiger partial charge in [-0.1, -0.05) is 56.3 Å². The van der Waals surface area contributed by atoms with E-state index in [-0.39, 0.29) is 11.3 Å². The molecule has 1 amide bonds. The number of hydrogen-bond acceptors (Lipinski definition) is 4. The Bertz CT molecular complexity index is 1480. The zero-order valence-electron chi connectivity index (χ0n) is 20.5. The van der Waals surface area contributed by atoms with Gasteiger partial charge in [0.1, 0.15) is 11.5 Å². The number of hydrogen-bond donors (Lipinski definition) is 2. The van der Waals surface area contributed by atoms with E-state index in [0.29, 0.717) is 35.1 Å². The first-order valence-electron chi connectivity index (χ1n) is 12.1. The number of para-hydroxylation sites is 1. The lowest BCUT2D eigenvalue weighted by Crippen LogP contribution is -2.29. The summed E-state index contributed by atoms with van der Waals surface area (Å²) in [4.78, 5) is 31.5. The number of H-pyrrole nitrogens is 1. The van der Waals surface area contributed by atoms with E-state index in [0.717, 1.165) is 16.5 Å². The molecule has 6 nitrogen and oxygen atoms in total. The average molecular weight is 481 g/mol. The largest absolute Gasteiger partial charge is 0.507 e. The lowest BCUT2D eigenvalue weighted by atomic mass is 9.94. The molecule has 0 aliphatic carbocycles. The highest BCUT2D eigenvalue weighted by Crippen LogP contribution is 2.43. The van der Waals surface area contributed by atoms with Crippen LogP contribution in [0.3, 0.4) is 0 Å². The van der Waals surface area contributed by atoms with Crippen molar-refractivity contribution in [1.82, 2.24) is 4.98 Å². The Morgan fingerprint density at radius 3 is 2.50 bits per heavy atom. The molecule has 1 aromatic heterocycles. The maximum absolute atomic E-state index is 13.5. The molecule has 0 saturated carbocycles. The predicted molar refractivity (Wildman–Crippen MR) is 141 cm³/mol. The molecule has 1 saturated heterocycles. The number of anilines is 1. The number of aliphatic hydroxyl groups excluding tert-OH is 1. The number of Topliss-reactive ketones (excluding diaryl/α,β-unsaturated/α-hetero) is 1. The number of aromatic amines is 1. The van der Waals surface area contributed by atoms with Crippen molar-refractivity contribution in [2.45, 2.75) is 32.7 Å². The average Bonchev–Trinajstić information content (AvgIpc) is 3.43. The van der Waals surface area contributed by atoms with Crippen LogP contribution in [0.1, 0.15) is 49.4 Å². The fraction of sp³-hybridized carbons (Fsp3) is 0.200. The Labute approximate surface area is 209 Å². The topological polar surface area (TPSA) is 82.6 Å². The van der Waals surface area contributed by atoms with Crippen molar-refractivity contribution in [3.63, 3.8) is 0 Å². The predicted octanol–water partition coefficient (Wildman–Crippen LogP) is 6.32. The molecule has 3 aromatic carbocycles. The number of nitrogens with zero attached hydrogens (tertiary/aromatic N) is 1. The number of ketones is 1. The van der Waals surface area contributed by atoms with Gasteiger partial charge < -0.3 is 14.8 Å². The summed E-state index contributed by atoms with van der Waals surface area (Å²) < 4.78 is 5.70. The molecule has 4 aromatic rings. The molecule has 182 valence electrons. The van der Waals surface area contributed by atoms with Crippen LogP contribution in [0.5, 0.6) is 5.75 Å². The van der Waals surface area contributed by atoms with Gasteiger partial charge in [0.05, 0.1) is 18.2 Å². The fourth-order valence-electron chi connectivity index (χ4n) is 4.79. The van der Waals surface area contributed by atoms with E-state index in [1.807, 2.05) is 79.7 Å². The lowest BCUT2D eigenvalue weighted by Gasteiger charge is -2.26. The quantitative estimate of drug-likeness (QED) is 0.192. The van der Waals surface area contributed by atoms with Crippen LogP contribution in [0.4, 0.5) is 5.69 Å². The number of aliphatic hydroxyl groups is 1. The summed E-state index contributed by atoms with van der Waals surface area (Å²) in [5, 5.41) is 12.3. The molecule has 1 atom stereocenters. The van der Waals surface area contributed by atoms with Gasteiger partial charge in [-0.15, -0.1) is 0 Å². The van der Waals surface area contributed by atoms with Crippen molar-refractivity contribution in [2.75, 3.05) is 11.5 Å². The van der Waals surface area contributed by atoms with Crippen LogP contribution in [-0.4, -0.2) is 28.4 Å². The van der Waals surface area contributed by atoms with Gasteiger partial charge in [0.25, 0.3) is 11.7 Å². The van der Waals surface area contributed by atoms with Crippen molar-refractivity contribution < 1.29 is 19.4 Å². The summed E-state index contributed by atoms with van der Waals surface area (Å²) in [6.45, 7) is 6.57. The van der Waals surface area contributed by atoms with Crippen molar-refractivity contribution >= 4 is 34.0 Å². The van der Waals surface area contributed by atoms with E-state index in [4.69, 9.17) is 4.74 Å². The third kappa shape index (κ3) is 3.94. The second kappa shape index (κ2) is 9.38. The van der Waals surface area contributed by atoms with Crippen LogP contribution in [0.2, 0.25) is 0 Å². The van der Waals surface area contributed by atoms with Crippen molar-refractivity contribution in [3.05, 3.63) is 101 Å². The molecule has 0 radical (unpaired) electrons. The Morgan fingerprint density at radius 1 is 1.03 bits per heavy atom. The molecule has 1 unspecified atom stereocenters. The van der Waals surface area contributed by atoms with E-state index in [2.05, 4.69) is 18.8 Å². The summed E-state index contributed by atoms with van der Waals surface area (Å²) in [5.74, 6) is -0.658. The monoisotopic (exact) mass is 480 g/mol. The molecule has 1 aliphatic rings. The third-order valence-electron chi connectivity index (χ3n) is 6.61. The molecule has 1 aliphatic heterocycles. The Kier molecular flexibility index (Phi) is 6.10. The van der Waals surface area contributed by atoms with Gasteiger partial charge in [-0.05, 0) is 54.3 Å². The molecule has 1 fully saturated rings. The van der Waals surface area contributed by atoms with E-state index >= 15 is 0 Å². The Morgan fingerprint density at radius 2 is 1.78 bits per heavy atom. The first-order chi connectivity index (χ1) is 17.4. The minimum absolute atomic E-state index is 0.0475. The molecular weight excluding hydrogens is 452 g/mol. The second-order valence-corrected chi connectivity index (χ2v) is 9.17. The van der Waals surface area contributed by atoms with Crippen LogP contribution in [0, 0.1) is 0 Å². The number of nitrogens with one attached hydrogen (secondary N) is 1. The summed E-state index contributed by atoms with van der Waals surface area (Å²) in [6.07, 6.45) is 1.67. The van der Waals surface area contributed by atoms with Crippen LogP contribution in [0.25, 0.3) is 16.7 Å². The number of carbonyl (C=O) groups is 2. The summed E-state index contributed by atoms with van der Waals surface area (Å²) >= 11 is 0. The maximum atomic E-state index is 13.5. The van der Waals surface area contributed by atoms with E-state index < -0.39 is 17.7 Å². The number of ether oxygens (including phenoxy) is 1. The Balaban J connectivity index is 1.72. The van der Waals surface area contributed by atoms with E-state index in [1.165, 1.54) is 4.90 Å². The zero-order chi connectivity index (χ0) is 25.4. The first-order valence-corrected chi connectivity index (χ1v) is 12.1. The van der Waals surface area contributed by atoms with Gasteiger partial charge in [-0.2, -0.15) is 0 Å². The maximum Gasteiger partial charge on any atom is 0.300 e. The SMILES string of the molecule is CCOc1cccc(C2/C(=C(/O)c3c[nH]c4ccccc34)C(=O)C(=O)N2c2ccc(C(C)C)cc2)c1. The smallest absolute Gasteiger partial charge is 0.300 e. The highest BCUT2D eigenvalue weighted by atomic mass is 16.5. The number of amides is 1. The number of fused-ring (bicyclic) bond motifs is 1. The lowest BCUT2D eigenvalue weighted by molar-refractivity contribution is -0.132. The van der Waals surface area contributed by atoms with Gasteiger partial charge in [0.2, 0.25) is 0 Å². The highest BCUT2D eigenvalue weighted by molar-refractivity contribution is 6.51. The number of carbonyl (C=O) groups excluding carboxylic acids is 2. The van der Waals surface area contributed by atoms with Crippen molar-refractivity contribution in [3.8, 4) is 5.75 Å². The normalized spacial score (nSPS) is 17.3. The van der Waals surface area contributed by atoms with Crippen molar-refractivity contribution in [2.24, 2.45) is 0 Å². The molecule has 36 heavy (non-hydrogen) atoms. The summed E-state index contributed by atoms with van der Waals surface area (Å²) in [5.41, 5.74) is 3.74. The molecule has 2 heterocycles. The standard InChI is InChI=1S/C30H28N2O4/c1-4-36-22-9-7-8-20(16-22)27-26(28(33)24-17-31-25-11-6-5-10-23(24)25)29(34)30(35)32(27)21-14-12-19(13-15-21)18(2)3/h5-18,27,31,33H,4H2,1-3H3/b28-26-. The summed E-state index contributed by atoms with van der Waals surface area (Å²) in [6, 6.07) is 21.7. The number of benzene rings is 3. The first kappa shape index (κ1) is 23.4. The zero-order valence-corrected chi connectivity index (χ0v) is 20.5. The van der Waals surface area contributed by atoms with Crippen LogP contribution < -0.4 is 9.64 Å². The second-order valence-electron chi connectivity index (χ2n) is 9.17. The number of aromatic nitrogens is 1.